The highest BCUT2D eigenvalue weighted by molar-refractivity contribution is 6.35. The molecule has 156 valence electrons. The number of amides is 1. The number of nitrogens with zero attached hydrogens (tertiary/aromatic N) is 1. The van der Waals surface area contributed by atoms with Crippen LogP contribution in [0.3, 0.4) is 0 Å². The van der Waals surface area contributed by atoms with Gasteiger partial charge in [-0.3, -0.25) is 9.59 Å². The summed E-state index contributed by atoms with van der Waals surface area (Å²) in [5, 5.41) is 1.01. The third-order valence-electron chi connectivity index (χ3n) is 6.58. The second-order valence-corrected chi connectivity index (χ2v) is 9.42. The summed E-state index contributed by atoms with van der Waals surface area (Å²) in [7, 11) is 1.47. The van der Waals surface area contributed by atoms with E-state index in [1.165, 1.54) is 7.11 Å². The Labute approximate surface area is 180 Å². The molecular formula is C22H25Cl2NO4. The fourth-order valence-corrected chi connectivity index (χ4v) is 6.07. The van der Waals surface area contributed by atoms with Crippen molar-refractivity contribution in [2.75, 3.05) is 13.7 Å². The van der Waals surface area contributed by atoms with Gasteiger partial charge < -0.3 is 9.47 Å². The smallest absolute Gasteiger partial charge is 0.311 e. The third-order valence-corrected chi connectivity index (χ3v) is 7.12. The molecular weight excluding hydrogens is 413 g/mol. The first-order chi connectivity index (χ1) is 13.9. The molecule has 5 rings (SSSR count). The van der Waals surface area contributed by atoms with E-state index < -0.39 is 0 Å². The van der Waals surface area contributed by atoms with Crippen molar-refractivity contribution in [1.82, 2.24) is 0 Å². The topological polar surface area (TPSA) is 65.0 Å². The number of rotatable bonds is 6. The van der Waals surface area contributed by atoms with Crippen LogP contribution in [0, 0.1) is 23.2 Å². The van der Waals surface area contributed by atoms with Crippen LogP contribution in [0.5, 0.6) is 5.75 Å². The molecule has 0 aliphatic heterocycles. The number of hydrogen-bond donors (Lipinski definition) is 0. The number of hydrogen-bond acceptors (Lipinski definition) is 4. The first kappa shape index (κ1) is 20.7. The van der Waals surface area contributed by atoms with E-state index in [0.717, 1.165) is 37.8 Å². The van der Waals surface area contributed by atoms with Crippen molar-refractivity contribution in [3.8, 4) is 5.75 Å². The van der Waals surface area contributed by atoms with Crippen LogP contribution >= 0.6 is 23.2 Å². The summed E-state index contributed by atoms with van der Waals surface area (Å²) in [5.41, 5.74) is 0.672. The van der Waals surface area contributed by atoms with E-state index in [4.69, 9.17) is 32.7 Å². The minimum Gasteiger partial charge on any atom is -0.492 e. The molecule has 1 aromatic rings. The van der Waals surface area contributed by atoms with E-state index in [0.29, 0.717) is 41.2 Å². The summed E-state index contributed by atoms with van der Waals surface area (Å²) in [5.74, 6) is 1.41. The number of halogens is 2. The van der Waals surface area contributed by atoms with Gasteiger partial charge in [0.05, 0.1) is 24.2 Å². The van der Waals surface area contributed by atoms with E-state index in [-0.39, 0.29) is 29.1 Å². The maximum Gasteiger partial charge on any atom is 0.311 e. The van der Waals surface area contributed by atoms with Gasteiger partial charge in [0.1, 0.15) is 5.75 Å². The summed E-state index contributed by atoms with van der Waals surface area (Å²) in [6.07, 6.45) is 5.46. The molecule has 4 aliphatic rings. The average Bonchev–Trinajstić information content (AvgIpc) is 2.68. The number of ether oxygens (including phenoxy) is 2. The summed E-state index contributed by atoms with van der Waals surface area (Å²) in [4.78, 5) is 29.3. The Kier molecular flexibility index (Phi) is 5.90. The SMILES string of the molecule is COC(=O)C12CC3CC(C1)C(=NC(=O)CCCOc1ccc(Cl)cc1Cl)C(C3)C2. The van der Waals surface area contributed by atoms with Crippen molar-refractivity contribution in [1.29, 1.82) is 0 Å². The van der Waals surface area contributed by atoms with E-state index in [1.54, 1.807) is 18.2 Å². The Hall–Kier alpha value is -1.59. The lowest BCUT2D eigenvalue weighted by Crippen LogP contribution is -2.55. The first-order valence-electron chi connectivity index (χ1n) is 10.2. The van der Waals surface area contributed by atoms with E-state index in [2.05, 4.69) is 4.99 Å². The fraction of sp³-hybridized carbons (Fsp3) is 0.591. The molecule has 7 heteroatoms. The molecule has 1 amide bonds. The third kappa shape index (κ3) is 4.17. The predicted octanol–water partition coefficient (Wildman–Crippen LogP) is 5.12. The Morgan fingerprint density at radius 1 is 1.17 bits per heavy atom. The summed E-state index contributed by atoms with van der Waals surface area (Å²) < 4.78 is 10.7. The van der Waals surface area contributed by atoms with Gasteiger partial charge in [-0.05, 0) is 74.5 Å². The second-order valence-electron chi connectivity index (χ2n) is 8.57. The number of carbonyl (C=O) groups excluding carboxylic acids is 2. The number of aliphatic imine (C=N–C) groups is 1. The predicted molar refractivity (Wildman–Crippen MR) is 112 cm³/mol. The number of benzene rings is 1. The van der Waals surface area contributed by atoms with Gasteiger partial charge in [0, 0.05) is 17.2 Å². The Balaban J connectivity index is 1.32. The van der Waals surface area contributed by atoms with Crippen molar-refractivity contribution >= 4 is 40.8 Å². The van der Waals surface area contributed by atoms with Crippen LogP contribution < -0.4 is 4.74 Å². The summed E-state index contributed by atoms with van der Waals surface area (Å²) in [6.45, 7) is 0.387. The average molecular weight is 438 g/mol. The molecule has 4 saturated carbocycles. The molecule has 0 spiro atoms. The molecule has 4 aliphatic carbocycles. The minimum absolute atomic E-state index is 0.0831. The number of carbonyl (C=O) groups is 2. The van der Waals surface area contributed by atoms with Gasteiger partial charge in [-0.25, -0.2) is 4.99 Å². The molecule has 2 atom stereocenters. The molecule has 0 heterocycles. The highest BCUT2D eigenvalue weighted by atomic mass is 35.5. The van der Waals surface area contributed by atoms with Crippen LogP contribution in [0.4, 0.5) is 0 Å². The first-order valence-corrected chi connectivity index (χ1v) is 10.9. The zero-order valence-corrected chi connectivity index (χ0v) is 18.0. The quantitative estimate of drug-likeness (QED) is 0.457. The van der Waals surface area contributed by atoms with Crippen LogP contribution in [0.2, 0.25) is 10.0 Å². The molecule has 0 aromatic heterocycles. The standard InChI is InChI=1S/C22H25Cl2NO4/c1-28-21(27)22-10-13-7-14(11-22)20(15(8-13)12-22)25-19(26)3-2-6-29-18-5-4-16(23)9-17(18)24/h4-5,9,13-15H,2-3,6-8,10-12H2,1H3. The monoisotopic (exact) mass is 437 g/mol. The number of methoxy groups -OCH3 is 1. The van der Waals surface area contributed by atoms with Crippen LogP contribution in [-0.4, -0.2) is 31.3 Å². The zero-order valence-electron chi connectivity index (χ0n) is 16.5. The number of esters is 1. The van der Waals surface area contributed by atoms with Crippen molar-refractivity contribution in [3.05, 3.63) is 28.2 Å². The van der Waals surface area contributed by atoms with E-state index in [1.807, 2.05) is 0 Å². The lowest BCUT2D eigenvalue weighted by atomic mass is 9.49. The molecule has 0 N–H and O–H groups in total. The Bertz CT molecular complexity index is 835. The largest absolute Gasteiger partial charge is 0.492 e. The summed E-state index contributed by atoms with van der Waals surface area (Å²) in [6, 6.07) is 5.06. The zero-order chi connectivity index (χ0) is 20.6. The second kappa shape index (κ2) is 8.27. The Morgan fingerprint density at radius 2 is 1.90 bits per heavy atom. The van der Waals surface area contributed by atoms with Crippen molar-refractivity contribution in [3.63, 3.8) is 0 Å². The molecule has 4 bridgehead atoms. The van der Waals surface area contributed by atoms with Crippen LogP contribution in [-0.2, 0) is 14.3 Å². The van der Waals surface area contributed by atoms with Crippen LogP contribution in [0.15, 0.2) is 23.2 Å². The molecule has 5 nitrogen and oxygen atoms in total. The highest BCUT2D eigenvalue weighted by Gasteiger charge is 2.58. The molecule has 29 heavy (non-hydrogen) atoms. The molecule has 2 unspecified atom stereocenters. The van der Waals surface area contributed by atoms with Gasteiger partial charge in [-0.15, -0.1) is 0 Å². The van der Waals surface area contributed by atoms with Crippen LogP contribution in [0.1, 0.15) is 44.9 Å². The lowest BCUT2D eigenvalue weighted by Gasteiger charge is -2.55. The maximum absolute atomic E-state index is 12.4. The van der Waals surface area contributed by atoms with Crippen molar-refractivity contribution < 1.29 is 19.1 Å². The molecule has 1 aromatic carbocycles. The summed E-state index contributed by atoms with van der Waals surface area (Å²) >= 11 is 12.0. The van der Waals surface area contributed by atoms with Gasteiger partial charge in [0.15, 0.2) is 0 Å². The molecule has 4 fully saturated rings. The van der Waals surface area contributed by atoms with Gasteiger partial charge in [-0.1, -0.05) is 23.2 Å². The maximum atomic E-state index is 12.4. The normalized spacial score (nSPS) is 29.6. The van der Waals surface area contributed by atoms with Crippen LogP contribution in [0.25, 0.3) is 0 Å². The molecule has 0 saturated heterocycles. The van der Waals surface area contributed by atoms with Gasteiger partial charge in [-0.2, -0.15) is 0 Å². The van der Waals surface area contributed by atoms with E-state index >= 15 is 0 Å². The van der Waals surface area contributed by atoms with Gasteiger partial charge in [0.25, 0.3) is 0 Å². The van der Waals surface area contributed by atoms with Crippen molar-refractivity contribution in [2.24, 2.45) is 28.2 Å². The van der Waals surface area contributed by atoms with Crippen molar-refractivity contribution in [2.45, 2.75) is 44.9 Å². The van der Waals surface area contributed by atoms with E-state index in [9.17, 15) is 9.59 Å². The molecule has 0 radical (unpaired) electrons. The lowest BCUT2D eigenvalue weighted by molar-refractivity contribution is -0.162. The van der Waals surface area contributed by atoms with Gasteiger partial charge >= 0.3 is 5.97 Å². The minimum atomic E-state index is -0.348. The Morgan fingerprint density at radius 3 is 2.55 bits per heavy atom. The fourth-order valence-electron chi connectivity index (χ4n) is 5.61. The highest BCUT2D eigenvalue weighted by Crippen LogP contribution is 2.59. The van der Waals surface area contributed by atoms with Gasteiger partial charge in [0.2, 0.25) is 5.91 Å².